The van der Waals surface area contributed by atoms with Gasteiger partial charge in [0.15, 0.2) is 0 Å². The van der Waals surface area contributed by atoms with Crippen molar-refractivity contribution in [3.8, 4) is 0 Å². The number of carbonyl (C=O) groups is 1. The van der Waals surface area contributed by atoms with Crippen molar-refractivity contribution < 1.29 is 9.53 Å². The summed E-state index contributed by atoms with van der Waals surface area (Å²) < 4.78 is 5.09. The van der Waals surface area contributed by atoms with Crippen LogP contribution in [0.2, 0.25) is 0 Å². The van der Waals surface area contributed by atoms with Crippen molar-refractivity contribution >= 4 is 5.97 Å². The molecule has 0 amide bonds. The van der Waals surface area contributed by atoms with Crippen LogP contribution in [0.4, 0.5) is 0 Å². The van der Waals surface area contributed by atoms with Crippen LogP contribution in [0.15, 0.2) is 12.7 Å². The van der Waals surface area contributed by atoms with Gasteiger partial charge in [0.1, 0.15) is 6.10 Å². The second-order valence-electron chi connectivity index (χ2n) is 4.29. The second kappa shape index (κ2) is 10.7. The summed E-state index contributed by atoms with van der Waals surface area (Å²) in [5, 5.41) is 0. The van der Waals surface area contributed by atoms with Gasteiger partial charge in [0.25, 0.3) is 0 Å². The maximum atomic E-state index is 10.8. The van der Waals surface area contributed by atoms with E-state index in [4.69, 9.17) is 4.74 Å². The molecule has 0 aliphatic carbocycles. The molecule has 0 spiro atoms. The number of hydrogen-bond acceptors (Lipinski definition) is 2. The highest BCUT2D eigenvalue weighted by molar-refractivity contribution is 5.66. The first-order chi connectivity index (χ1) is 7.70. The van der Waals surface area contributed by atoms with Gasteiger partial charge in [-0.15, -0.1) is 0 Å². The third-order valence-electron chi connectivity index (χ3n) is 2.67. The van der Waals surface area contributed by atoms with Crippen molar-refractivity contribution in [2.45, 2.75) is 71.3 Å². The molecule has 0 saturated carbocycles. The van der Waals surface area contributed by atoms with Crippen LogP contribution in [0.25, 0.3) is 0 Å². The molecule has 0 heterocycles. The summed E-state index contributed by atoms with van der Waals surface area (Å²) in [5.74, 6) is -0.215. The number of carbonyl (C=O) groups excluding carboxylic acids is 1. The fourth-order valence-corrected chi connectivity index (χ4v) is 1.74. The Morgan fingerprint density at radius 3 is 2.25 bits per heavy atom. The Bertz CT molecular complexity index is 187. The molecule has 0 fully saturated rings. The third kappa shape index (κ3) is 9.75. The van der Waals surface area contributed by atoms with E-state index in [0.717, 1.165) is 12.8 Å². The first kappa shape index (κ1) is 15.2. The molecule has 1 unspecified atom stereocenters. The minimum Gasteiger partial charge on any atom is -0.458 e. The van der Waals surface area contributed by atoms with Crippen molar-refractivity contribution in [3.05, 3.63) is 12.7 Å². The topological polar surface area (TPSA) is 26.3 Å². The third-order valence-corrected chi connectivity index (χ3v) is 2.67. The lowest BCUT2D eigenvalue weighted by Crippen LogP contribution is -2.13. The normalized spacial score (nSPS) is 12.1. The van der Waals surface area contributed by atoms with Crippen molar-refractivity contribution in [2.24, 2.45) is 0 Å². The van der Waals surface area contributed by atoms with Gasteiger partial charge in [-0.05, 0) is 12.8 Å². The molecule has 0 bridgehead atoms. The van der Waals surface area contributed by atoms with E-state index in [0.29, 0.717) is 0 Å². The zero-order chi connectivity index (χ0) is 12.2. The maximum Gasteiger partial charge on any atom is 0.303 e. The molecule has 0 aromatic heterocycles. The Kier molecular flexibility index (Phi) is 10.2. The summed E-state index contributed by atoms with van der Waals surface area (Å²) in [6.45, 7) is 7.35. The monoisotopic (exact) mass is 226 g/mol. The molecule has 0 rings (SSSR count). The predicted molar refractivity (Wildman–Crippen MR) is 68.4 cm³/mol. The zero-order valence-corrected chi connectivity index (χ0v) is 10.8. The molecule has 0 aliphatic heterocycles. The lowest BCUT2D eigenvalue weighted by atomic mass is 10.1. The Labute approximate surface area is 100 Å². The molecule has 0 aliphatic rings. The summed E-state index contributed by atoms with van der Waals surface area (Å²) >= 11 is 0. The van der Waals surface area contributed by atoms with Gasteiger partial charge in [-0.2, -0.15) is 0 Å². The van der Waals surface area contributed by atoms with Gasteiger partial charge in [0.2, 0.25) is 0 Å². The van der Waals surface area contributed by atoms with Crippen LogP contribution in [0.3, 0.4) is 0 Å². The van der Waals surface area contributed by atoms with Gasteiger partial charge < -0.3 is 4.74 Å². The standard InChI is InChI=1S/C14H26O2/c1-4-6-7-8-9-10-11-12-14(5-2)16-13(3)15/h5,14H,2,4,6-12H2,1,3H3. The van der Waals surface area contributed by atoms with Crippen molar-refractivity contribution in [3.63, 3.8) is 0 Å². The first-order valence-corrected chi connectivity index (χ1v) is 6.50. The Morgan fingerprint density at radius 1 is 1.19 bits per heavy atom. The number of rotatable bonds is 10. The predicted octanol–water partition coefficient (Wildman–Crippen LogP) is 4.24. The highest BCUT2D eigenvalue weighted by atomic mass is 16.5. The summed E-state index contributed by atoms with van der Waals surface area (Å²) in [4.78, 5) is 10.8. The summed E-state index contributed by atoms with van der Waals surface area (Å²) in [7, 11) is 0. The average Bonchev–Trinajstić information content (AvgIpc) is 2.25. The first-order valence-electron chi connectivity index (χ1n) is 6.50. The molecule has 94 valence electrons. The number of hydrogen-bond donors (Lipinski definition) is 0. The van der Waals surface area contributed by atoms with Crippen LogP contribution in [-0.4, -0.2) is 12.1 Å². The Balaban J connectivity index is 3.34. The highest BCUT2D eigenvalue weighted by Crippen LogP contribution is 2.11. The van der Waals surface area contributed by atoms with Gasteiger partial charge >= 0.3 is 5.97 Å². The Morgan fingerprint density at radius 2 is 1.75 bits per heavy atom. The van der Waals surface area contributed by atoms with Gasteiger partial charge in [-0.1, -0.05) is 58.1 Å². The number of ether oxygens (including phenoxy) is 1. The summed E-state index contributed by atoms with van der Waals surface area (Å²) in [6, 6.07) is 0. The molecule has 16 heavy (non-hydrogen) atoms. The fraction of sp³-hybridized carbons (Fsp3) is 0.786. The van der Waals surface area contributed by atoms with E-state index in [2.05, 4.69) is 13.5 Å². The second-order valence-corrected chi connectivity index (χ2v) is 4.29. The lowest BCUT2D eigenvalue weighted by molar-refractivity contribution is -0.144. The average molecular weight is 226 g/mol. The number of esters is 1. The van der Waals surface area contributed by atoms with Crippen LogP contribution in [0, 0.1) is 0 Å². The molecular weight excluding hydrogens is 200 g/mol. The molecule has 0 aromatic rings. The quantitative estimate of drug-likeness (QED) is 0.316. The SMILES string of the molecule is C=CC(CCCCCCCCC)OC(C)=O. The van der Waals surface area contributed by atoms with Crippen LogP contribution >= 0.6 is 0 Å². The van der Waals surface area contributed by atoms with Crippen LogP contribution in [0.1, 0.15) is 65.2 Å². The maximum absolute atomic E-state index is 10.8. The fourth-order valence-electron chi connectivity index (χ4n) is 1.74. The van der Waals surface area contributed by atoms with Crippen LogP contribution in [0.5, 0.6) is 0 Å². The lowest BCUT2D eigenvalue weighted by Gasteiger charge is -2.12. The molecule has 2 heteroatoms. The molecule has 0 aromatic carbocycles. The van der Waals surface area contributed by atoms with Crippen LogP contribution < -0.4 is 0 Å². The van der Waals surface area contributed by atoms with E-state index in [1.165, 1.54) is 45.4 Å². The molecular formula is C14H26O2. The summed E-state index contributed by atoms with van der Waals surface area (Å²) in [5.41, 5.74) is 0. The summed E-state index contributed by atoms with van der Waals surface area (Å²) in [6.07, 6.45) is 11.5. The van der Waals surface area contributed by atoms with Crippen molar-refractivity contribution in [1.82, 2.24) is 0 Å². The number of unbranched alkanes of at least 4 members (excludes halogenated alkanes) is 6. The molecule has 0 N–H and O–H groups in total. The van der Waals surface area contributed by atoms with Crippen molar-refractivity contribution in [1.29, 1.82) is 0 Å². The van der Waals surface area contributed by atoms with Gasteiger partial charge in [0, 0.05) is 6.92 Å². The molecule has 1 atom stereocenters. The van der Waals surface area contributed by atoms with E-state index >= 15 is 0 Å². The molecule has 0 saturated heterocycles. The van der Waals surface area contributed by atoms with E-state index in [1.54, 1.807) is 6.08 Å². The molecule has 2 nitrogen and oxygen atoms in total. The minimum absolute atomic E-state index is 0.0897. The van der Waals surface area contributed by atoms with E-state index in [1.807, 2.05) is 0 Å². The van der Waals surface area contributed by atoms with Crippen molar-refractivity contribution in [2.75, 3.05) is 0 Å². The van der Waals surface area contributed by atoms with Gasteiger partial charge in [-0.3, -0.25) is 4.79 Å². The van der Waals surface area contributed by atoms with Crippen LogP contribution in [-0.2, 0) is 9.53 Å². The smallest absolute Gasteiger partial charge is 0.303 e. The van der Waals surface area contributed by atoms with Gasteiger partial charge in [-0.25, -0.2) is 0 Å². The molecule has 0 radical (unpaired) electrons. The van der Waals surface area contributed by atoms with Gasteiger partial charge in [0.05, 0.1) is 0 Å². The van der Waals surface area contributed by atoms with E-state index in [-0.39, 0.29) is 12.1 Å². The largest absolute Gasteiger partial charge is 0.458 e. The zero-order valence-electron chi connectivity index (χ0n) is 10.8. The Hall–Kier alpha value is -0.790. The van der Waals surface area contributed by atoms with E-state index in [9.17, 15) is 4.79 Å². The minimum atomic E-state index is -0.215. The van der Waals surface area contributed by atoms with E-state index < -0.39 is 0 Å². The highest BCUT2D eigenvalue weighted by Gasteiger charge is 2.06.